The van der Waals surface area contributed by atoms with Gasteiger partial charge in [-0.1, -0.05) is 38.1 Å². The third kappa shape index (κ3) is 7.57. The van der Waals surface area contributed by atoms with Gasteiger partial charge < -0.3 is 20.0 Å². The van der Waals surface area contributed by atoms with Crippen molar-refractivity contribution in [2.45, 2.75) is 40.3 Å². The lowest BCUT2D eigenvalue weighted by Gasteiger charge is -2.36. The minimum atomic E-state index is 0. The monoisotopic (exact) mass is 557 g/mol. The van der Waals surface area contributed by atoms with Crippen LogP contribution in [0.3, 0.4) is 0 Å². The summed E-state index contributed by atoms with van der Waals surface area (Å²) in [7, 11) is 2.15. The molecule has 1 aliphatic heterocycles. The van der Waals surface area contributed by atoms with Gasteiger partial charge in [0.15, 0.2) is 5.96 Å². The number of nitrogens with one attached hydrogen (secondary N) is 1. The van der Waals surface area contributed by atoms with Crippen molar-refractivity contribution in [3.63, 3.8) is 0 Å². The molecule has 2 aromatic rings. The Balaban J connectivity index is 0.00000341. The minimum absolute atomic E-state index is 0. The lowest BCUT2D eigenvalue weighted by molar-refractivity contribution is 0.345. The Bertz CT molecular complexity index is 818. The van der Waals surface area contributed by atoms with E-state index in [0.717, 1.165) is 69.1 Å². The molecule has 0 spiro atoms. The molecule has 3 rings (SSSR count). The van der Waals surface area contributed by atoms with E-state index >= 15 is 0 Å². The molecule has 1 saturated heterocycles. The number of hydrogen-bond donors (Lipinski definition) is 1. The molecule has 1 aromatic carbocycles. The van der Waals surface area contributed by atoms with E-state index in [1.54, 1.807) is 0 Å². The van der Waals surface area contributed by atoms with Crippen LogP contribution in [-0.2, 0) is 19.5 Å². The van der Waals surface area contributed by atoms with E-state index in [1.807, 2.05) is 0 Å². The smallest absolute Gasteiger partial charge is 0.205 e. The summed E-state index contributed by atoms with van der Waals surface area (Å²) < 4.78 is 4.42. The Hall–Kier alpha value is -1.46. The first-order valence-electron chi connectivity index (χ1n) is 11.0. The number of anilines is 1. The van der Waals surface area contributed by atoms with Crippen molar-refractivity contribution in [2.75, 3.05) is 51.2 Å². The number of aromatic nitrogens is 2. The summed E-state index contributed by atoms with van der Waals surface area (Å²) in [6.45, 7) is 13.8. The van der Waals surface area contributed by atoms with E-state index in [2.05, 4.69) is 81.5 Å². The number of hydrogen-bond acceptors (Lipinski definition) is 6. The fourth-order valence-corrected chi connectivity index (χ4v) is 4.27. The van der Waals surface area contributed by atoms with Gasteiger partial charge in [0.2, 0.25) is 5.13 Å². The summed E-state index contributed by atoms with van der Waals surface area (Å²) in [5.41, 5.74) is 2.60. The topological polar surface area (TPSA) is 59.9 Å². The van der Waals surface area contributed by atoms with Gasteiger partial charge in [0, 0.05) is 57.2 Å². The van der Waals surface area contributed by atoms with Crippen molar-refractivity contribution in [1.82, 2.24) is 24.5 Å². The summed E-state index contributed by atoms with van der Waals surface area (Å²) in [6.07, 6.45) is 0.892. The van der Waals surface area contributed by atoms with Crippen LogP contribution in [0, 0.1) is 0 Å². The number of rotatable bonds is 8. The van der Waals surface area contributed by atoms with Gasteiger partial charge in [0.1, 0.15) is 5.82 Å². The zero-order valence-corrected chi connectivity index (χ0v) is 22.3. The average Bonchev–Trinajstić information content (AvgIpc) is 3.26. The molecule has 7 nitrogen and oxygen atoms in total. The first-order chi connectivity index (χ1) is 14.6. The fourth-order valence-electron chi connectivity index (χ4n) is 3.47. The Morgan fingerprint density at radius 2 is 1.90 bits per heavy atom. The maximum absolute atomic E-state index is 4.94. The van der Waals surface area contributed by atoms with Gasteiger partial charge in [-0.15, -0.1) is 24.0 Å². The summed E-state index contributed by atoms with van der Waals surface area (Å²) in [6, 6.07) is 8.78. The standard InChI is InChI=1S/C22H35N7S.HI/c1-5-20-25-22(30-26-20)29-13-11-28(12-14-29)21(23-6-2)24-16-18-9-8-10-19(15-18)17-27(4)7-3;/h8-10,15H,5-7,11-14,16-17H2,1-4H3,(H,23,24);1H. The van der Waals surface area contributed by atoms with Crippen LogP contribution in [-0.4, -0.2) is 71.4 Å². The van der Waals surface area contributed by atoms with Gasteiger partial charge in [-0.05, 0) is 31.6 Å². The number of benzene rings is 1. The summed E-state index contributed by atoms with van der Waals surface area (Å²) in [5.74, 6) is 1.94. The van der Waals surface area contributed by atoms with Crippen LogP contribution in [0.4, 0.5) is 5.13 Å². The molecule has 0 radical (unpaired) electrons. The highest BCUT2D eigenvalue weighted by atomic mass is 127. The van der Waals surface area contributed by atoms with Crippen LogP contribution in [0.15, 0.2) is 29.3 Å². The Morgan fingerprint density at radius 1 is 1.16 bits per heavy atom. The lowest BCUT2D eigenvalue weighted by Crippen LogP contribution is -2.52. The molecule has 0 saturated carbocycles. The molecule has 0 unspecified atom stereocenters. The summed E-state index contributed by atoms with van der Waals surface area (Å²) in [5, 5.41) is 4.51. The SMILES string of the molecule is CCNC(=NCc1cccc(CN(C)CC)c1)N1CCN(c2nc(CC)ns2)CC1.I. The minimum Gasteiger partial charge on any atom is -0.357 e. The second-order valence-corrected chi connectivity index (χ2v) is 8.37. The molecule has 1 fully saturated rings. The van der Waals surface area contributed by atoms with Crippen LogP contribution in [0.1, 0.15) is 37.7 Å². The predicted octanol–water partition coefficient (Wildman–Crippen LogP) is 3.46. The van der Waals surface area contributed by atoms with Crippen molar-refractivity contribution in [3.05, 3.63) is 41.2 Å². The third-order valence-corrected chi connectivity index (χ3v) is 6.17. The van der Waals surface area contributed by atoms with E-state index < -0.39 is 0 Å². The number of aryl methyl sites for hydroxylation is 1. The number of piperazine rings is 1. The van der Waals surface area contributed by atoms with Gasteiger partial charge in [0.25, 0.3) is 0 Å². The summed E-state index contributed by atoms with van der Waals surface area (Å²) >= 11 is 1.51. The second kappa shape index (κ2) is 13.2. The Kier molecular flexibility index (Phi) is 11.0. The van der Waals surface area contributed by atoms with E-state index in [9.17, 15) is 0 Å². The highest BCUT2D eigenvalue weighted by molar-refractivity contribution is 14.0. The number of nitrogens with zero attached hydrogens (tertiary/aromatic N) is 6. The molecule has 31 heavy (non-hydrogen) atoms. The van der Waals surface area contributed by atoms with Crippen molar-refractivity contribution in [1.29, 1.82) is 0 Å². The molecule has 9 heteroatoms. The van der Waals surface area contributed by atoms with Crippen LogP contribution in [0.5, 0.6) is 0 Å². The van der Waals surface area contributed by atoms with E-state index in [1.165, 1.54) is 22.7 Å². The normalized spacial score (nSPS) is 14.7. The van der Waals surface area contributed by atoms with Crippen molar-refractivity contribution in [2.24, 2.45) is 4.99 Å². The largest absolute Gasteiger partial charge is 0.357 e. The van der Waals surface area contributed by atoms with Crippen LogP contribution < -0.4 is 10.2 Å². The lowest BCUT2D eigenvalue weighted by atomic mass is 10.1. The maximum Gasteiger partial charge on any atom is 0.205 e. The van der Waals surface area contributed by atoms with Gasteiger partial charge in [-0.3, -0.25) is 0 Å². The maximum atomic E-state index is 4.94. The molecule has 0 atom stereocenters. The fraction of sp³-hybridized carbons (Fsp3) is 0.591. The first kappa shape index (κ1) is 25.8. The Morgan fingerprint density at radius 3 is 2.55 bits per heavy atom. The zero-order valence-electron chi connectivity index (χ0n) is 19.2. The summed E-state index contributed by atoms with van der Waals surface area (Å²) in [4.78, 5) is 16.6. The van der Waals surface area contributed by atoms with E-state index in [4.69, 9.17) is 4.99 Å². The molecule has 172 valence electrons. The van der Waals surface area contributed by atoms with Crippen molar-refractivity contribution < 1.29 is 0 Å². The zero-order chi connectivity index (χ0) is 21.3. The molecule has 0 aliphatic carbocycles. The molecular weight excluding hydrogens is 521 g/mol. The number of halogens is 1. The third-order valence-electron chi connectivity index (χ3n) is 5.35. The quantitative estimate of drug-likeness (QED) is 0.305. The van der Waals surface area contributed by atoms with Crippen LogP contribution in [0.2, 0.25) is 0 Å². The Labute approximate surface area is 208 Å². The molecule has 1 aromatic heterocycles. The van der Waals surface area contributed by atoms with Crippen LogP contribution >= 0.6 is 35.5 Å². The molecule has 1 aliphatic rings. The van der Waals surface area contributed by atoms with E-state index in [-0.39, 0.29) is 24.0 Å². The first-order valence-corrected chi connectivity index (χ1v) is 11.8. The number of guanidine groups is 1. The average molecular weight is 558 g/mol. The molecule has 1 N–H and O–H groups in total. The highest BCUT2D eigenvalue weighted by Crippen LogP contribution is 2.19. The molecule has 0 bridgehead atoms. The van der Waals surface area contributed by atoms with Crippen LogP contribution in [0.25, 0.3) is 0 Å². The van der Waals surface area contributed by atoms with Gasteiger partial charge in [0.05, 0.1) is 6.54 Å². The second-order valence-electron chi connectivity index (χ2n) is 7.64. The number of aliphatic imine (C=N–C) groups is 1. The molecule has 0 amide bonds. The van der Waals surface area contributed by atoms with Crippen molar-refractivity contribution >= 4 is 46.6 Å². The predicted molar refractivity (Wildman–Crippen MR) is 142 cm³/mol. The van der Waals surface area contributed by atoms with E-state index in [0.29, 0.717) is 6.54 Å². The molecule has 2 heterocycles. The van der Waals surface area contributed by atoms with Crippen molar-refractivity contribution in [3.8, 4) is 0 Å². The van der Waals surface area contributed by atoms with Gasteiger partial charge in [-0.25, -0.2) is 9.98 Å². The van der Waals surface area contributed by atoms with Gasteiger partial charge >= 0.3 is 0 Å². The highest BCUT2D eigenvalue weighted by Gasteiger charge is 2.22. The van der Waals surface area contributed by atoms with Gasteiger partial charge in [-0.2, -0.15) is 4.37 Å². The molecular formula is C22H36IN7S.